The van der Waals surface area contributed by atoms with Gasteiger partial charge in [-0.3, -0.25) is 4.79 Å². The molecular weight excluding hydrogens is 304 g/mol. The minimum absolute atomic E-state index is 0.0731. The molecule has 1 amide bonds. The first-order chi connectivity index (χ1) is 11.8. The lowest BCUT2D eigenvalue weighted by Gasteiger charge is -2.33. The Morgan fingerprint density at radius 3 is 2.79 bits per heavy atom. The van der Waals surface area contributed by atoms with E-state index in [1.807, 2.05) is 41.7 Å². The van der Waals surface area contributed by atoms with Crippen LogP contribution in [0.5, 0.6) is 0 Å². The summed E-state index contributed by atoms with van der Waals surface area (Å²) < 4.78 is 7.37. The monoisotopic (exact) mass is 322 g/mol. The van der Waals surface area contributed by atoms with E-state index in [2.05, 4.69) is 14.5 Å². The molecule has 6 heteroatoms. The molecule has 6 nitrogen and oxygen atoms in total. The van der Waals surface area contributed by atoms with Crippen molar-refractivity contribution in [3.63, 3.8) is 0 Å². The molecule has 4 rings (SSSR count). The van der Waals surface area contributed by atoms with Crippen LogP contribution in [0.15, 0.2) is 60.0 Å². The number of hydrogen-bond acceptors (Lipinski definition) is 4. The third-order valence-electron chi connectivity index (χ3n) is 4.48. The first-order valence-corrected chi connectivity index (χ1v) is 8.07. The molecule has 0 radical (unpaired) electrons. The molecule has 0 N–H and O–H groups in total. The maximum Gasteiger partial charge on any atom is 0.253 e. The van der Waals surface area contributed by atoms with Crippen molar-refractivity contribution in [3.05, 3.63) is 61.1 Å². The zero-order valence-corrected chi connectivity index (χ0v) is 13.2. The predicted molar refractivity (Wildman–Crippen MR) is 88.3 cm³/mol. The Hall–Kier alpha value is -2.89. The number of likely N-dealkylation sites (tertiary alicyclic amines) is 1. The van der Waals surface area contributed by atoms with Crippen LogP contribution in [-0.4, -0.2) is 38.4 Å². The fourth-order valence-electron chi connectivity index (χ4n) is 3.19. The Labute approximate surface area is 139 Å². The highest BCUT2D eigenvalue weighted by molar-refractivity contribution is 5.94. The minimum Gasteiger partial charge on any atom is -0.444 e. The van der Waals surface area contributed by atoms with Crippen molar-refractivity contribution >= 4 is 5.91 Å². The molecular formula is C18H18N4O2. The largest absolute Gasteiger partial charge is 0.444 e. The molecule has 24 heavy (non-hydrogen) atoms. The normalized spacial score (nSPS) is 17.8. The second-order valence-corrected chi connectivity index (χ2v) is 6.00. The fourth-order valence-corrected chi connectivity index (χ4v) is 3.19. The summed E-state index contributed by atoms with van der Waals surface area (Å²) in [4.78, 5) is 22.7. The van der Waals surface area contributed by atoms with Crippen molar-refractivity contribution in [2.45, 2.75) is 18.9 Å². The Morgan fingerprint density at radius 1 is 1.21 bits per heavy atom. The predicted octanol–water partition coefficient (Wildman–Crippen LogP) is 3.02. The molecule has 1 saturated heterocycles. The van der Waals surface area contributed by atoms with Crippen LogP contribution < -0.4 is 0 Å². The lowest BCUT2D eigenvalue weighted by molar-refractivity contribution is 0.0679. The third-order valence-corrected chi connectivity index (χ3v) is 4.48. The first-order valence-electron chi connectivity index (χ1n) is 8.07. The van der Waals surface area contributed by atoms with E-state index in [9.17, 15) is 4.79 Å². The van der Waals surface area contributed by atoms with Gasteiger partial charge in [0.2, 0.25) is 0 Å². The molecule has 1 aliphatic rings. The lowest BCUT2D eigenvalue weighted by atomic mass is 10.0. The highest BCUT2D eigenvalue weighted by Crippen LogP contribution is 2.24. The van der Waals surface area contributed by atoms with E-state index in [-0.39, 0.29) is 5.91 Å². The summed E-state index contributed by atoms with van der Waals surface area (Å²) in [6, 6.07) is 7.79. The number of nitrogens with zero attached hydrogens (tertiary/aromatic N) is 4. The second kappa shape index (κ2) is 6.31. The number of rotatable bonds is 3. The van der Waals surface area contributed by atoms with Crippen LogP contribution in [0.4, 0.5) is 0 Å². The SMILES string of the molecule is O=C(c1ccc(-c2cnco2)cc1)N1CCC[C@@H](n2ccnc2)C1. The number of carbonyl (C=O) groups excluding carboxylic acids is 1. The zero-order valence-electron chi connectivity index (χ0n) is 13.2. The number of aromatic nitrogens is 3. The smallest absolute Gasteiger partial charge is 0.253 e. The van der Waals surface area contributed by atoms with Gasteiger partial charge in [-0.25, -0.2) is 9.97 Å². The molecule has 1 fully saturated rings. The molecule has 3 heterocycles. The summed E-state index contributed by atoms with van der Waals surface area (Å²) >= 11 is 0. The maximum absolute atomic E-state index is 12.8. The molecule has 0 spiro atoms. The molecule has 0 unspecified atom stereocenters. The average molecular weight is 322 g/mol. The fraction of sp³-hybridized carbons (Fsp3) is 0.278. The molecule has 1 aliphatic heterocycles. The number of benzene rings is 1. The summed E-state index contributed by atoms with van der Waals surface area (Å²) in [6.45, 7) is 1.52. The molecule has 0 aliphatic carbocycles. The highest BCUT2D eigenvalue weighted by Gasteiger charge is 2.25. The number of amides is 1. The third kappa shape index (κ3) is 2.82. The summed E-state index contributed by atoms with van der Waals surface area (Å²) in [7, 11) is 0. The first kappa shape index (κ1) is 14.7. The molecule has 0 saturated carbocycles. The molecule has 2 aromatic heterocycles. The Morgan fingerprint density at radius 2 is 2.08 bits per heavy atom. The van der Waals surface area contributed by atoms with E-state index in [0.717, 1.165) is 31.5 Å². The van der Waals surface area contributed by atoms with Crippen LogP contribution >= 0.6 is 0 Å². The lowest BCUT2D eigenvalue weighted by Crippen LogP contribution is -2.40. The topological polar surface area (TPSA) is 64.2 Å². The highest BCUT2D eigenvalue weighted by atomic mass is 16.3. The van der Waals surface area contributed by atoms with Gasteiger partial charge in [0, 0.05) is 36.6 Å². The summed E-state index contributed by atoms with van der Waals surface area (Å²) in [6.07, 6.45) is 10.7. The van der Waals surface area contributed by atoms with Crippen molar-refractivity contribution in [2.75, 3.05) is 13.1 Å². The van der Waals surface area contributed by atoms with Crippen LogP contribution in [0.1, 0.15) is 29.2 Å². The van der Waals surface area contributed by atoms with Crippen molar-refractivity contribution in [1.29, 1.82) is 0 Å². The van der Waals surface area contributed by atoms with Crippen molar-refractivity contribution in [1.82, 2.24) is 19.4 Å². The zero-order chi connectivity index (χ0) is 16.4. The van der Waals surface area contributed by atoms with Crippen molar-refractivity contribution < 1.29 is 9.21 Å². The van der Waals surface area contributed by atoms with E-state index in [1.165, 1.54) is 6.39 Å². The van der Waals surface area contributed by atoms with Gasteiger partial charge in [0.25, 0.3) is 5.91 Å². The van der Waals surface area contributed by atoms with Gasteiger partial charge in [0.15, 0.2) is 12.2 Å². The Kier molecular flexibility index (Phi) is 3.86. The van der Waals surface area contributed by atoms with Crippen molar-refractivity contribution in [3.8, 4) is 11.3 Å². The molecule has 122 valence electrons. The number of imidazole rings is 1. The molecule has 1 aromatic carbocycles. The summed E-state index contributed by atoms with van der Waals surface area (Å²) in [5.74, 6) is 0.774. The number of carbonyl (C=O) groups is 1. The van der Waals surface area contributed by atoms with E-state index in [4.69, 9.17) is 4.42 Å². The standard InChI is InChI=1S/C18H18N4O2/c23-18(15-5-3-14(4-6-15)17-10-20-13-24-17)21-8-1-2-16(11-21)22-9-7-19-12-22/h3-7,9-10,12-13,16H,1-2,8,11H2/t16-/m1/s1. The molecule has 0 bridgehead atoms. The second-order valence-electron chi connectivity index (χ2n) is 6.00. The van der Waals surface area contributed by atoms with Gasteiger partial charge in [-0.05, 0) is 25.0 Å². The van der Waals surface area contributed by atoms with Gasteiger partial charge in [0.1, 0.15) is 0 Å². The molecule has 3 aromatic rings. The summed E-state index contributed by atoms with van der Waals surface area (Å²) in [5, 5.41) is 0. The maximum atomic E-state index is 12.8. The number of oxazole rings is 1. The van der Waals surface area contributed by atoms with Gasteiger partial charge in [0.05, 0.1) is 18.6 Å². The van der Waals surface area contributed by atoms with E-state index < -0.39 is 0 Å². The number of hydrogen-bond donors (Lipinski definition) is 0. The van der Waals surface area contributed by atoms with Crippen LogP contribution in [-0.2, 0) is 0 Å². The van der Waals surface area contributed by atoms with Crippen LogP contribution in [0.25, 0.3) is 11.3 Å². The molecule has 1 atom stereocenters. The van der Waals surface area contributed by atoms with Gasteiger partial charge >= 0.3 is 0 Å². The van der Waals surface area contributed by atoms with Crippen LogP contribution in [0.2, 0.25) is 0 Å². The van der Waals surface area contributed by atoms with E-state index in [0.29, 0.717) is 17.4 Å². The average Bonchev–Trinajstić information content (AvgIpc) is 3.35. The van der Waals surface area contributed by atoms with Crippen LogP contribution in [0.3, 0.4) is 0 Å². The quantitative estimate of drug-likeness (QED) is 0.743. The van der Waals surface area contributed by atoms with E-state index >= 15 is 0 Å². The van der Waals surface area contributed by atoms with E-state index in [1.54, 1.807) is 12.4 Å². The minimum atomic E-state index is 0.0731. The Bertz CT molecular complexity index is 794. The van der Waals surface area contributed by atoms with Gasteiger partial charge in [-0.15, -0.1) is 0 Å². The Balaban J connectivity index is 1.49. The number of piperidine rings is 1. The van der Waals surface area contributed by atoms with Crippen LogP contribution in [0, 0.1) is 0 Å². The summed E-state index contributed by atoms with van der Waals surface area (Å²) in [5.41, 5.74) is 1.61. The van der Waals surface area contributed by atoms with Gasteiger partial charge in [-0.1, -0.05) is 12.1 Å². The van der Waals surface area contributed by atoms with Crippen molar-refractivity contribution in [2.24, 2.45) is 0 Å². The van der Waals surface area contributed by atoms with Gasteiger partial charge < -0.3 is 13.9 Å². The van der Waals surface area contributed by atoms with Gasteiger partial charge in [-0.2, -0.15) is 0 Å².